The Morgan fingerprint density at radius 3 is 2.69 bits per heavy atom. The Kier molecular flexibility index (Phi) is 6.86. The third-order valence-corrected chi connectivity index (χ3v) is 4.46. The molecule has 26 heavy (non-hydrogen) atoms. The maximum absolute atomic E-state index is 12.7. The van der Waals surface area contributed by atoms with Gasteiger partial charge in [0.1, 0.15) is 11.6 Å². The van der Waals surface area contributed by atoms with E-state index in [1.54, 1.807) is 39.0 Å². The second-order valence-corrected chi connectivity index (χ2v) is 8.14. The van der Waals surface area contributed by atoms with Crippen molar-refractivity contribution in [3.8, 4) is 0 Å². The van der Waals surface area contributed by atoms with E-state index in [0.717, 1.165) is 12.8 Å². The van der Waals surface area contributed by atoms with Crippen LogP contribution in [0.1, 0.15) is 40.0 Å². The Balaban J connectivity index is 2.07. The van der Waals surface area contributed by atoms with Crippen molar-refractivity contribution < 1.29 is 23.1 Å². The number of alkyl halides is 2. The fourth-order valence-corrected chi connectivity index (χ4v) is 3.28. The molecular formula is C18H24F2N2O3S. The molecule has 0 aliphatic carbocycles. The lowest BCUT2D eigenvalue weighted by Crippen LogP contribution is -2.51. The van der Waals surface area contributed by atoms with E-state index < -0.39 is 23.5 Å². The smallest absolute Gasteiger partial charge is 0.410 e. The van der Waals surface area contributed by atoms with E-state index in [1.165, 1.54) is 11.0 Å². The first-order valence-corrected chi connectivity index (χ1v) is 9.39. The second kappa shape index (κ2) is 8.70. The van der Waals surface area contributed by atoms with Gasteiger partial charge in [0.2, 0.25) is 5.91 Å². The molecule has 1 aromatic rings. The molecule has 1 saturated heterocycles. The SMILES string of the molecule is CC(C)(C)OC(=O)N1CCCC[C@@H]1C(=O)Nc1cccc(SC(F)F)c1. The third kappa shape index (κ3) is 6.16. The maximum atomic E-state index is 12.7. The lowest BCUT2D eigenvalue weighted by Gasteiger charge is -2.35. The number of thioether (sulfide) groups is 1. The first-order valence-electron chi connectivity index (χ1n) is 8.51. The minimum Gasteiger partial charge on any atom is -0.444 e. The first kappa shape index (κ1) is 20.5. The van der Waals surface area contributed by atoms with Crippen LogP contribution in [0.15, 0.2) is 29.2 Å². The van der Waals surface area contributed by atoms with Gasteiger partial charge >= 0.3 is 6.09 Å². The van der Waals surface area contributed by atoms with Gasteiger partial charge in [-0.25, -0.2) is 4.79 Å². The quantitative estimate of drug-likeness (QED) is 0.760. The summed E-state index contributed by atoms with van der Waals surface area (Å²) in [7, 11) is 0. The average Bonchev–Trinajstić information content (AvgIpc) is 2.53. The number of hydrogen-bond donors (Lipinski definition) is 1. The Morgan fingerprint density at radius 1 is 1.31 bits per heavy atom. The molecule has 0 bridgehead atoms. The van der Waals surface area contributed by atoms with Gasteiger partial charge in [-0.1, -0.05) is 17.8 Å². The van der Waals surface area contributed by atoms with Crippen LogP contribution >= 0.6 is 11.8 Å². The molecule has 1 N–H and O–H groups in total. The molecule has 1 aliphatic rings. The number of nitrogens with zero attached hydrogens (tertiary/aromatic N) is 1. The number of anilines is 1. The van der Waals surface area contributed by atoms with Gasteiger partial charge in [0.25, 0.3) is 5.76 Å². The third-order valence-electron chi connectivity index (χ3n) is 3.76. The van der Waals surface area contributed by atoms with Crippen molar-refractivity contribution in [3.63, 3.8) is 0 Å². The summed E-state index contributed by atoms with van der Waals surface area (Å²) in [5, 5.41) is 2.73. The summed E-state index contributed by atoms with van der Waals surface area (Å²) < 4.78 is 30.4. The van der Waals surface area contributed by atoms with Crippen LogP contribution in [-0.4, -0.2) is 40.8 Å². The van der Waals surface area contributed by atoms with Crippen molar-refractivity contribution in [1.29, 1.82) is 0 Å². The molecule has 1 heterocycles. The van der Waals surface area contributed by atoms with Crippen LogP contribution in [0.25, 0.3) is 0 Å². The van der Waals surface area contributed by atoms with Crippen molar-refractivity contribution in [3.05, 3.63) is 24.3 Å². The summed E-state index contributed by atoms with van der Waals surface area (Å²) in [4.78, 5) is 26.9. The normalized spacial score (nSPS) is 17.9. The number of ether oxygens (including phenoxy) is 1. The van der Waals surface area contributed by atoms with Gasteiger partial charge in [0.15, 0.2) is 0 Å². The van der Waals surface area contributed by atoms with E-state index in [1.807, 2.05) is 0 Å². The van der Waals surface area contributed by atoms with Crippen molar-refractivity contribution in [1.82, 2.24) is 4.90 Å². The zero-order chi connectivity index (χ0) is 19.3. The predicted molar refractivity (Wildman–Crippen MR) is 97.5 cm³/mol. The highest BCUT2D eigenvalue weighted by atomic mass is 32.2. The van der Waals surface area contributed by atoms with Crippen LogP contribution in [0.5, 0.6) is 0 Å². The van der Waals surface area contributed by atoms with E-state index in [0.29, 0.717) is 35.3 Å². The molecule has 5 nitrogen and oxygen atoms in total. The Labute approximate surface area is 156 Å². The number of piperidine rings is 1. The zero-order valence-electron chi connectivity index (χ0n) is 15.1. The number of nitrogens with one attached hydrogen (secondary N) is 1. The molecule has 0 radical (unpaired) electrons. The number of amides is 2. The number of benzene rings is 1. The topological polar surface area (TPSA) is 58.6 Å². The van der Waals surface area contributed by atoms with Crippen molar-refractivity contribution in [2.75, 3.05) is 11.9 Å². The molecule has 1 aromatic carbocycles. The summed E-state index contributed by atoms with van der Waals surface area (Å²) in [6.07, 6.45) is 1.66. The number of hydrogen-bond acceptors (Lipinski definition) is 4. The highest BCUT2D eigenvalue weighted by molar-refractivity contribution is 7.99. The number of rotatable bonds is 4. The molecule has 1 atom stereocenters. The van der Waals surface area contributed by atoms with Gasteiger partial charge in [-0.15, -0.1) is 0 Å². The molecular weight excluding hydrogens is 362 g/mol. The monoisotopic (exact) mass is 386 g/mol. The summed E-state index contributed by atoms with van der Waals surface area (Å²) in [6.45, 7) is 5.77. The van der Waals surface area contributed by atoms with Gasteiger partial charge in [0, 0.05) is 17.1 Å². The van der Waals surface area contributed by atoms with Gasteiger partial charge in [-0.05, 0) is 58.2 Å². The summed E-state index contributed by atoms with van der Waals surface area (Å²) >= 11 is 0.418. The lowest BCUT2D eigenvalue weighted by molar-refractivity contribution is -0.122. The van der Waals surface area contributed by atoms with Gasteiger partial charge in [0.05, 0.1) is 0 Å². The van der Waals surface area contributed by atoms with E-state index >= 15 is 0 Å². The minimum absolute atomic E-state index is 0.338. The molecule has 0 saturated carbocycles. The number of likely N-dealkylation sites (tertiary alicyclic amines) is 1. The number of carbonyl (C=O) groups is 2. The van der Waals surface area contributed by atoms with E-state index in [2.05, 4.69) is 5.32 Å². The molecule has 0 unspecified atom stereocenters. The van der Waals surface area contributed by atoms with Gasteiger partial charge in [-0.2, -0.15) is 8.78 Å². The average molecular weight is 386 g/mol. The van der Waals surface area contributed by atoms with Crippen LogP contribution in [0.3, 0.4) is 0 Å². The highest BCUT2D eigenvalue weighted by Gasteiger charge is 2.34. The number of carbonyl (C=O) groups excluding carboxylic acids is 2. The molecule has 8 heteroatoms. The molecule has 0 spiro atoms. The largest absolute Gasteiger partial charge is 0.444 e. The van der Waals surface area contributed by atoms with Crippen LogP contribution in [0, 0.1) is 0 Å². The van der Waals surface area contributed by atoms with Crippen molar-refractivity contribution in [2.45, 2.75) is 62.3 Å². The Bertz CT molecular complexity index is 650. The Hall–Kier alpha value is -1.83. The fraction of sp³-hybridized carbons (Fsp3) is 0.556. The van der Waals surface area contributed by atoms with Crippen LogP contribution in [0.4, 0.5) is 19.3 Å². The van der Waals surface area contributed by atoms with Gasteiger partial charge < -0.3 is 10.1 Å². The predicted octanol–water partition coefficient (Wildman–Crippen LogP) is 4.73. The molecule has 2 amide bonds. The summed E-state index contributed by atoms with van der Waals surface area (Å²) in [6, 6.07) is 5.65. The molecule has 144 valence electrons. The van der Waals surface area contributed by atoms with Crippen LogP contribution < -0.4 is 5.32 Å². The molecule has 0 aromatic heterocycles. The lowest BCUT2D eigenvalue weighted by atomic mass is 10.0. The highest BCUT2D eigenvalue weighted by Crippen LogP contribution is 2.28. The molecule has 2 rings (SSSR count). The maximum Gasteiger partial charge on any atom is 0.410 e. The Morgan fingerprint density at radius 2 is 2.04 bits per heavy atom. The van der Waals surface area contributed by atoms with Crippen molar-refractivity contribution in [2.24, 2.45) is 0 Å². The van der Waals surface area contributed by atoms with Crippen LogP contribution in [-0.2, 0) is 9.53 Å². The van der Waals surface area contributed by atoms with Gasteiger partial charge in [-0.3, -0.25) is 9.69 Å². The van der Waals surface area contributed by atoms with Crippen LogP contribution in [0.2, 0.25) is 0 Å². The standard InChI is InChI=1S/C18H24F2N2O3S/c1-18(2,3)25-17(24)22-10-5-4-9-14(22)15(23)21-12-7-6-8-13(11-12)26-16(19)20/h6-8,11,14,16H,4-5,9-10H2,1-3H3,(H,21,23)/t14-/m1/s1. The first-order chi connectivity index (χ1) is 12.2. The second-order valence-electron chi connectivity index (χ2n) is 7.08. The molecule has 1 aliphatic heterocycles. The van der Waals surface area contributed by atoms with E-state index in [4.69, 9.17) is 4.74 Å². The summed E-state index contributed by atoms with van der Waals surface area (Å²) in [5.74, 6) is -2.86. The van der Waals surface area contributed by atoms with E-state index in [9.17, 15) is 18.4 Å². The van der Waals surface area contributed by atoms with E-state index in [-0.39, 0.29) is 5.91 Å². The molecule has 1 fully saturated rings. The minimum atomic E-state index is -2.53. The number of halogens is 2. The summed E-state index contributed by atoms with van der Waals surface area (Å²) in [5.41, 5.74) is -0.216. The fourth-order valence-electron chi connectivity index (χ4n) is 2.72. The van der Waals surface area contributed by atoms with Crippen molar-refractivity contribution >= 4 is 29.4 Å². The zero-order valence-corrected chi connectivity index (χ0v) is 15.9.